The summed E-state index contributed by atoms with van der Waals surface area (Å²) in [5.41, 5.74) is 0. The zero-order valence-corrected chi connectivity index (χ0v) is 6.59. The molecule has 0 bridgehead atoms. The summed E-state index contributed by atoms with van der Waals surface area (Å²) in [6.45, 7) is 5.28. The molecule has 1 atom stereocenters. The van der Waals surface area contributed by atoms with Crippen LogP contribution in [0.5, 0.6) is 0 Å². The minimum atomic E-state index is -0.308. The van der Waals surface area contributed by atoms with Crippen molar-refractivity contribution >= 4 is 15.0 Å². The molecule has 8 heavy (non-hydrogen) atoms. The quantitative estimate of drug-likeness (QED) is 0.630. The predicted octanol–water partition coefficient (Wildman–Crippen LogP) is 0.729. The monoisotopic (exact) mass is 178 g/mol. The standard InChI is InChI=1S/C6H10OSe/c1-3-8-5-4-6(2)7/h3-7H,1H2,2H3/b5-4+. The maximum absolute atomic E-state index is 8.67. The van der Waals surface area contributed by atoms with Crippen LogP contribution in [0.3, 0.4) is 0 Å². The second kappa shape index (κ2) is 5.10. The zero-order chi connectivity index (χ0) is 6.41. The summed E-state index contributed by atoms with van der Waals surface area (Å²) in [6.07, 6.45) is 1.46. The Hall–Kier alpha value is -0.0405. The molecule has 0 aromatic rings. The van der Waals surface area contributed by atoms with Gasteiger partial charge in [-0.2, -0.15) is 0 Å². The first-order valence-corrected chi connectivity index (χ1v) is 4.36. The molecule has 0 aromatic heterocycles. The second-order valence-electron chi connectivity index (χ2n) is 1.37. The third-order valence-electron chi connectivity index (χ3n) is 0.532. The van der Waals surface area contributed by atoms with Crippen LogP contribution in [0.2, 0.25) is 0 Å². The summed E-state index contributed by atoms with van der Waals surface area (Å²) in [5.74, 6) is 0. The second-order valence-corrected chi connectivity index (χ2v) is 3.21. The fourth-order valence-corrected chi connectivity index (χ4v) is 1.12. The number of hydrogen-bond donors (Lipinski definition) is 1. The van der Waals surface area contributed by atoms with Crippen molar-refractivity contribution in [2.24, 2.45) is 0 Å². The van der Waals surface area contributed by atoms with Gasteiger partial charge < -0.3 is 0 Å². The molecule has 2 heteroatoms. The summed E-state index contributed by atoms with van der Waals surface area (Å²) in [5, 5.41) is 8.67. The molecule has 46 valence electrons. The summed E-state index contributed by atoms with van der Waals surface area (Å²) in [6, 6.07) is 0. The summed E-state index contributed by atoms with van der Waals surface area (Å²) in [4.78, 5) is 3.80. The molecule has 0 aromatic carbocycles. The first-order chi connectivity index (χ1) is 3.77. The van der Waals surface area contributed by atoms with Crippen LogP contribution in [0.15, 0.2) is 22.6 Å². The van der Waals surface area contributed by atoms with Gasteiger partial charge in [-0.15, -0.1) is 0 Å². The number of aliphatic hydroxyl groups is 1. The van der Waals surface area contributed by atoms with Gasteiger partial charge in [-0.3, -0.25) is 0 Å². The van der Waals surface area contributed by atoms with Gasteiger partial charge in [-0.1, -0.05) is 0 Å². The van der Waals surface area contributed by atoms with Gasteiger partial charge in [-0.25, -0.2) is 0 Å². The first-order valence-electron chi connectivity index (χ1n) is 2.38. The van der Waals surface area contributed by atoms with Crippen LogP contribution in [0, 0.1) is 0 Å². The van der Waals surface area contributed by atoms with E-state index in [1.807, 2.05) is 9.95 Å². The Morgan fingerprint density at radius 2 is 2.38 bits per heavy atom. The van der Waals surface area contributed by atoms with E-state index in [0.29, 0.717) is 15.0 Å². The Labute approximate surface area is 56.3 Å². The fourth-order valence-electron chi connectivity index (χ4n) is 0.215. The van der Waals surface area contributed by atoms with E-state index in [1.54, 1.807) is 13.0 Å². The van der Waals surface area contributed by atoms with E-state index in [2.05, 4.69) is 6.58 Å². The number of rotatable bonds is 3. The average molecular weight is 177 g/mol. The van der Waals surface area contributed by atoms with Crippen LogP contribution in [0.25, 0.3) is 0 Å². The van der Waals surface area contributed by atoms with E-state index < -0.39 is 0 Å². The van der Waals surface area contributed by atoms with Gasteiger partial charge in [0.15, 0.2) is 0 Å². The molecule has 0 amide bonds. The van der Waals surface area contributed by atoms with Gasteiger partial charge in [0, 0.05) is 0 Å². The molecule has 1 nitrogen and oxygen atoms in total. The van der Waals surface area contributed by atoms with Crippen LogP contribution in [0.4, 0.5) is 0 Å². The van der Waals surface area contributed by atoms with Gasteiger partial charge >= 0.3 is 55.7 Å². The molecule has 1 unspecified atom stereocenters. The van der Waals surface area contributed by atoms with E-state index in [1.165, 1.54) is 0 Å². The van der Waals surface area contributed by atoms with Gasteiger partial charge in [0.05, 0.1) is 0 Å². The van der Waals surface area contributed by atoms with Crippen molar-refractivity contribution in [3.63, 3.8) is 0 Å². The van der Waals surface area contributed by atoms with Gasteiger partial charge in [0.25, 0.3) is 0 Å². The number of hydrogen-bond acceptors (Lipinski definition) is 1. The molecule has 0 fully saturated rings. The van der Waals surface area contributed by atoms with Gasteiger partial charge in [0.2, 0.25) is 0 Å². The third-order valence-corrected chi connectivity index (χ3v) is 1.60. The Balaban J connectivity index is 3.19. The molecule has 0 spiro atoms. The van der Waals surface area contributed by atoms with Crippen molar-refractivity contribution in [2.45, 2.75) is 13.0 Å². The molecule has 0 radical (unpaired) electrons. The molecule has 0 saturated heterocycles. The van der Waals surface area contributed by atoms with E-state index in [0.717, 1.165) is 0 Å². The Kier molecular flexibility index (Phi) is 5.08. The molecular formula is C6H10OSe. The average Bonchev–Trinajstić information content (AvgIpc) is 1.66. The van der Waals surface area contributed by atoms with Crippen molar-refractivity contribution in [3.8, 4) is 0 Å². The Bertz CT molecular complexity index is 86.5. The fraction of sp³-hybridized carbons (Fsp3) is 0.333. The van der Waals surface area contributed by atoms with Crippen molar-refractivity contribution < 1.29 is 5.11 Å². The molecule has 0 heterocycles. The molecule has 0 aliphatic carbocycles. The molecule has 0 aliphatic rings. The van der Waals surface area contributed by atoms with Crippen LogP contribution < -0.4 is 0 Å². The Morgan fingerprint density at radius 1 is 1.75 bits per heavy atom. The molecule has 1 N–H and O–H groups in total. The van der Waals surface area contributed by atoms with E-state index in [-0.39, 0.29) is 6.10 Å². The van der Waals surface area contributed by atoms with Crippen molar-refractivity contribution in [1.82, 2.24) is 0 Å². The summed E-state index contributed by atoms with van der Waals surface area (Å²) in [7, 11) is 0. The molecule has 0 rings (SSSR count). The third kappa shape index (κ3) is 5.96. The predicted molar refractivity (Wildman–Crippen MR) is 36.8 cm³/mol. The normalized spacial score (nSPS) is 14.2. The van der Waals surface area contributed by atoms with E-state index in [9.17, 15) is 0 Å². The van der Waals surface area contributed by atoms with Crippen molar-refractivity contribution in [1.29, 1.82) is 0 Å². The minimum absolute atomic E-state index is 0.308. The first kappa shape index (κ1) is 7.96. The maximum atomic E-state index is 8.67. The van der Waals surface area contributed by atoms with E-state index in [4.69, 9.17) is 5.11 Å². The van der Waals surface area contributed by atoms with E-state index >= 15 is 0 Å². The number of aliphatic hydroxyl groups excluding tert-OH is 1. The SMILES string of the molecule is C=C[Se]/C=C/C(C)O. The molecule has 0 aliphatic heterocycles. The van der Waals surface area contributed by atoms with Crippen LogP contribution in [-0.2, 0) is 0 Å². The van der Waals surface area contributed by atoms with Gasteiger partial charge in [0.1, 0.15) is 0 Å². The molecular weight excluding hydrogens is 167 g/mol. The summed E-state index contributed by atoms with van der Waals surface area (Å²) < 4.78 is 0. The van der Waals surface area contributed by atoms with Crippen molar-refractivity contribution in [2.75, 3.05) is 0 Å². The van der Waals surface area contributed by atoms with Crippen LogP contribution in [-0.4, -0.2) is 26.2 Å². The van der Waals surface area contributed by atoms with Crippen molar-refractivity contribution in [3.05, 3.63) is 22.6 Å². The van der Waals surface area contributed by atoms with Crippen LogP contribution >= 0.6 is 0 Å². The van der Waals surface area contributed by atoms with Crippen LogP contribution in [0.1, 0.15) is 6.92 Å². The topological polar surface area (TPSA) is 20.2 Å². The van der Waals surface area contributed by atoms with Gasteiger partial charge in [-0.05, 0) is 0 Å². The summed E-state index contributed by atoms with van der Waals surface area (Å²) >= 11 is 0.372. The molecule has 0 saturated carbocycles. The Morgan fingerprint density at radius 3 is 2.75 bits per heavy atom. The zero-order valence-electron chi connectivity index (χ0n) is 4.87.